The number of carbonyl (C=O) groups is 2. The molecule has 34 heavy (non-hydrogen) atoms. The van der Waals surface area contributed by atoms with Gasteiger partial charge in [0.15, 0.2) is 0 Å². The molecule has 0 radical (unpaired) electrons. The molecule has 1 aromatic carbocycles. The lowest BCUT2D eigenvalue weighted by molar-refractivity contribution is 0.0472. The number of hydrogen-bond donors (Lipinski definition) is 1. The highest BCUT2D eigenvalue weighted by Crippen LogP contribution is 2.43. The lowest BCUT2D eigenvalue weighted by Gasteiger charge is -2.30. The summed E-state index contributed by atoms with van der Waals surface area (Å²) in [5.74, 6) is -2.16. The molecule has 184 valence electrons. The molecule has 1 N–H and O–H groups in total. The zero-order valence-corrected chi connectivity index (χ0v) is 20.1. The minimum atomic E-state index is -0.788. The highest BCUT2D eigenvalue weighted by atomic mass is 19.1. The molecule has 0 aliphatic carbocycles. The summed E-state index contributed by atoms with van der Waals surface area (Å²) >= 11 is 0. The van der Waals surface area contributed by atoms with Gasteiger partial charge >= 0.3 is 12.1 Å². The topological polar surface area (TPSA) is 90.0 Å². The zero-order valence-electron chi connectivity index (χ0n) is 20.1. The fraction of sp³-hybridized carbons (Fsp3) is 0.458. The SMILES string of the molecule is COC(=O)c1cnc(OC)c(-c2cc(F)cc(F)c2)c1N1CC[C@](C)(NC(=O)OC(C)(C)C)C1. The second-order valence-electron chi connectivity index (χ2n) is 9.41. The van der Waals surface area contributed by atoms with E-state index in [2.05, 4.69) is 10.3 Å². The number of halogens is 2. The Bertz CT molecular complexity index is 1080. The van der Waals surface area contributed by atoms with E-state index >= 15 is 0 Å². The Morgan fingerprint density at radius 1 is 1.15 bits per heavy atom. The first-order valence-electron chi connectivity index (χ1n) is 10.7. The van der Waals surface area contributed by atoms with Crippen LogP contribution in [0.5, 0.6) is 5.88 Å². The van der Waals surface area contributed by atoms with E-state index in [1.165, 1.54) is 20.4 Å². The monoisotopic (exact) mass is 477 g/mol. The Balaban J connectivity index is 2.09. The second-order valence-corrected chi connectivity index (χ2v) is 9.41. The average Bonchev–Trinajstić information content (AvgIpc) is 3.10. The van der Waals surface area contributed by atoms with Crippen molar-refractivity contribution in [3.63, 3.8) is 0 Å². The normalized spacial score (nSPS) is 17.9. The molecule has 1 aromatic heterocycles. The Labute approximate surface area is 197 Å². The van der Waals surface area contributed by atoms with Gasteiger partial charge in [-0.25, -0.2) is 23.4 Å². The average molecular weight is 478 g/mol. The molecule has 0 bridgehead atoms. The first-order chi connectivity index (χ1) is 15.9. The van der Waals surface area contributed by atoms with Gasteiger partial charge < -0.3 is 24.4 Å². The fourth-order valence-corrected chi connectivity index (χ4v) is 3.99. The number of ether oxygens (including phenoxy) is 3. The summed E-state index contributed by atoms with van der Waals surface area (Å²) in [4.78, 5) is 31.1. The predicted octanol–water partition coefficient (Wildman–Crippen LogP) is 4.32. The molecule has 1 atom stereocenters. The van der Waals surface area contributed by atoms with Gasteiger partial charge in [-0.2, -0.15) is 0 Å². The van der Waals surface area contributed by atoms with E-state index in [4.69, 9.17) is 14.2 Å². The van der Waals surface area contributed by atoms with Crippen molar-refractivity contribution < 1.29 is 32.6 Å². The number of carbonyl (C=O) groups excluding carboxylic acids is 2. The molecule has 0 spiro atoms. The van der Waals surface area contributed by atoms with Gasteiger partial charge in [-0.3, -0.25) is 0 Å². The van der Waals surface area contributed by atoms with Crippen molar-refractivity contribution in [2.75, 3.05) is 32.2 Å². The number of rotatable bonds is 5. The molecule has 0 saturated carbocycles. The highest BCUT2D eigenvalue weighted by Gasteiger charge is 2.39. The number of nitrogens with zero attached hydrogens (tertiary/aromatic N) is 2. The summed E-state index contributed by atoms with van der Waals surface area (Å²) in [6, 6.07) is 3.04. The van der Waals surface area contributed by atoms with Gasteiger partial charge in [0.05, 0.1) is 31.0 Å². The van der Waals surface area contributed by atoms with E-state index < -0.39 is 34.8 Å². The zero-order chi connectivity index (χ0) is 25.3. The van der Waals surface area contributed by atoms with Gasteiger partial charge in [0.1, 0.15) is 22.8 Å². The Morgan fingerprint density at radius 3 is 2.35 bits per heavy atom. The van der Waals surface area contributed by atoms with E-state index in [0.29, 0.717) is 18.7 Å². The fourth-order valence-electron chi connectivity index (χ4n) is 3.99. The molecule has 10 heteroatoms. The third kappa shape index (κ3) is 5.55. The smallest absolute Gasteiger partial charge is 0.408 e. The summed E-state index contributed by atoms with van der Waals surface area (Å²) in [6.07, 6.45) is 1.26. The van der Waals surface area contributed by atoms with Crippen LogP contribution in [0.1, 0.15) is 44.5 Å². The van der Waals surface area contributed by atoms with Gasteiger partial charge in [0.2, 0.25) is 5.88 Å². The lowest BCUT2D eigenvalue weighted by atomic mass is 10.00. The summed E-state index contributed by atoms with van der Waals surface area (Å²) in [7, 11) is 2.61. The number of amides is 1. The predicted molar refractivity (Wildman–Crippen MR) is 122 cm³/mol. The Hall–Kier alpha value is -3.43. The molecule has 1 aliphatic rings. The number of anilines is 1. The van der Waals surface area contributed by atoms with Crippen molar-refractivity contribution in [2.24, 2.45) is 0 Å². The van der Waals surface area contributed by atoms with Crippen molar-refractivity contribution in [2.45, 2.75) is 45.3 Å². The first-order valence-corrected chi connectivity index (χ1v) is 10.7. The Morgan fingerprint density at radius 2 is 1.79 bits per heavy atom. The second kappa shape index (κ2) is 9.44. The number of aromatic nitrogens is 1. The van der Waals surface area contributed by atoms with E-state index in [-0.39, 0.29) is 29.1 Å². The van der Waals surface area contributed by atoms with Gasteiger partial charge in [0.25, 0.3) is 0 Å². The van der Waals surface area contributed by atoms with Gasteiger partial charge in [-0.1, -0.05) is 0 Å². The molecule has 1 aliphatic heterocycles. The quantitative estimate of drug-likeness (QED) is 0.642. The summed E-state index contributed by atoms with van der Waals surface area (Å²) in [5.41, 5.74) is -0.523. The highest BCUT2D eigenvalue weighted by molar-refractivity contribution is 6.01. The van der Waals surface area contributed by atoms with E-state index in [1.807, 2.05) is 11.8 Å². The number of benzene rings is 1. The number of pyridine rings is 1. The van der Waals surface area contributed by atoms with Crippen molar-refractivity contribution in [3.8, 4) is 17.0 Å². The van der Waals surface area contributed by atoms with Crippen LogP contribution < -0.4 is 15.0 Å². The van der Waals surface area contributed by atoms with Crippen molar-refractivity contribution in [1.29, 1.82) is 0 Å². The van der Waals surface area contributed by atoms with Crippen LogP contribution >= 0.6 is 0 Å². The third-order valence-electron chi connectivity index (χ3n) is 5.36. The van der Waals surface area contributed by atoms with Gasteiger partial charge in [0, 0.05) is 25.4 Å². The van der Waals surface area contributed by atoms with Gasteiger partial charge in [-0.05, 0) is 51.8 Å². The van der Waals surface area contributed by atoms with Crippen LogP contribution in [0.2, 0.25) is 0 Å². The minimum absolute atomic E-state index is 0.0846. The van der Waals surface area contributed by atoms with Crippen molar-refractivity contribution in [3.05, 3.63) is 41.6 Å². The van der Waals surface area contributed by atoms with Crippen LogP contribution in [0.25, 0.3) is 11.1 Å². The summed E-state index contributed by atoms with van der Waals surface area (Å²) < 4.78 is 44.0. The molecule has 0 unspecified atom stereocenters. The molecule has 8 nitrogen and oxygen atoms in total. The number of alkyl carbamates (subject to hydrolysis) is 1. The van der Waals surface area contributed by atoms with Gasteiger partial charge in [-0.15, -0.1) is 0 Å². The summed E-state index contributed by atoms with van der Waals surface area (Å²) in [6.45, 7) is 7.88. The molecular formula is C24H29F2N3O5. The van der Waals surface area contributed by atoms with Crippen LogP contribution in [-0.4, -0.2) is 55.5 Å². The van der Waals surface area contributed by atoms with Crippen molar-refractivity contribution >= 4 is 17.7 Å². The van der Waals surface area contributed by atoms with E-state index in [0.717, 1.165) is 18.2 Å². The standard InChI is InChI=1S/C24H29F2N3O5/c1-23(2,3)34-22(31)28-24(4)7-8-29(13-24)19-17(21(30)33-6)12-27-20(32-5)18(19)14-9-15(25)11-16(26)10-14/h9-12H,7-8,13H2,1-6H3,(H,28,31)/t24-/m0/s1. The number of hydrogen-bond acceptors (Lipinski definition) is 7. The van der Waals surface area contributed by atoms with Crippen LogP contribution in [0.4, 0.5) is 19.3 Å². The molecule has 1 fully saturated rings. The number of nitrogens with one attached hydrogen (secondary N) is 1. The minimum Gasteiger partial charge on any atom is -0.480 e. The van der Waals surface area contributed by atoms with Crippen LogP contribution in [-0.2, 0) is 9.47 Å². The third-order valence-corrected chi connectivity index (χ3v) is 5.36. The van der Waals surface area contributed by atoms with E-state index in [1.54, 1.807) is 20.8 Å². The lowest BCUT2D eigenvalue weighted by Crippen LogP contribution is -2.49. The number of esters is 1. The molecular weight excluding hydrogens is 448 g/mol. The maximum atomic E-state index is 14.1. The number of methoxy groups -OCH3 is 2. The van der Waals surface area contributed by atoms with Crippen LogP contribution in [0.3, 0.4) is 0 Å². The van der Waals surface area contributed by atoms with Crippen LogP contribution in [0.15, 0.2) is 24.4 Å². The summed E-state index contributed by atoms with van der Waals surface area (Å²) in [5, 5.41) is 2.89. The molecule has 2 aromatic rings. The first kappa shape index (κ1) is 25.2. The maximum Gasteiger partial charge on any atom is 0.408 e. The largest absolute Gasteiger partial charge is 0.480 e. The van der Waals surface area contributed by atoms with Crippen LogP contribution in [0, 0.1) is 11.6 Å². The Kier molecular flexibility index (Phi) is 6.99. The molecule has 2 heterocycles. The molecule has 1 saturated heterocycles. The van der Waals surface area contributed by atoms with Crippen molar-refractivity contribution in [1.82, 2.24) is 10.3 Å². The maximum absolute atomic E-state index is 14.1. The molecule has 3 rings (SSSR count). The van der Waals surface area contributed by atoms with E-state index in [9.17, 15) is 18.4 Å². The molecule has 1 amide bonds.